The summed E-state index contributed by atoms with van der Waals surface area (Å²) in [5.74, 6) is 0.924. The Balaban J connectivity index is 1.19. The Morgan fingerprint density at radius 3 is 2.59 bits per heavy atom. The Kier molecular flexibility index (Phi) is 7.50. The van der Waals surface area contributed by atoms with Crippen molar-refractivity contribution in [3.63, 3.8) is 0 Å². The number of amides is 1. The van der Waals surface area contributed by atoms with Crippen LogP contribution in [0.3, 0.4) is 0 Å². The number of anilines is 2. The Morgan fingerprint density at radius 2 is 1.84 bits per heavy atom. The largest absolute Gasteiger partial charge is 0.455 e. The van der Waals surface area contributed by atoms with Crippen molar-refractivity contribution in [2.24, 2.45) is 5.10 Å². The highest BCUT2D eigenvalue weighted by Gasteiger charge is 2.10. The van der Waals surface area contributed by atoms with Crippen molar-refractivity contribution in [2.75, 3.05) is 5.32 Å². The molecule has 0 saturated carbocycles. The van der Waals surface area contributed by atoms with Gasteiger partial charge in [0.05, 0.1) is 11.9 Å². The van der Waals surface area contributed by atoms with Gasteiger partial charge in [-0.1, -0.05) is 45.7 Å². The van der Waals surface area contributed by atoms with Crippen molar-refractivity contribution in [3.05, 3.63) is 111 Å². The van der Waals surface area contributed by atoms with E-state index in [2.05, 4.69) is 36.8 Å². The molecule has 0 fully saturated rings. The third-order valence-corrected chi connectivity index (χ3v) is 7.08. The quantitative estimate of drug-likeness (QED) is 0.147. The molecule has 2 heterocycles. The molecule has 0 saturated heterocycles. The fourth-order valence-electron chi connectivity index (χ4n) is 3.52. The molecule has 1 amide bonds. The second-order valence-electron chi connectivity index (χ2n) is 8.13. The zero-order valence-corrected chi connectivity index (χ0v) is 22.7. The highest BCUT2D eigenvalue weighted by Crippen LogP contribution is 2.30. The van der Waals surface area contributed by atoms with Crippen LogP contribution < -0.4 is 10.7 Å². The van der Waals surface area contributed by atoms with Gasteiger partial charge in [0.25, 0.3) is 5.91 Å². The topological polar surface area (TPSA) is 79.5 Å². The molecule has 2 aromatic heterocycles. The van der Waals surface area contributed by atoms with Crippen molar-refractivity contribution in [2.45, 2.75) is 6.92 Å². The molecule has 0 bridgehead atoms. The summed E-state index contributed by atoms with van der Waals surface area (Å²) in [6.45, 7) is 2.03. The number of halogens is 2. The maximum atomic E-state index is 12.5. The van der Waals surface area contributed by atoms with E-state index in [1.807, 2.05) is 73.0 Å². The maximum Gasteiger partial charge on any atom is 0.271 e. The number of hydrogen-bond acceptors (Lipinski definition) is 6. The predicted molar refractivity (Wildman–Crippen MR) is 154 cm³/mol. The number of nitrogens with one attached hydrogen (secondary N) is 2. The summed E-state index contributed by atoms with van der Waals surface area (Å²) < 4.78 is 6.79. The SMILES string of the molecule is Cc1ccc(-c2ccc(/C=N\NC(=O)c3ccc(-c4csc(Nc5ccc(Cl)cc5)n4)cc3)o2)c(Br)c1. The van der Waals surface area contributed by atoms with Crippen LogP contribution in [0.15, 0.2) is 98.2 Å². The number of benzene rings is 3. The third-order valence-electron chi connectivity index (χ3n) is 5.42. The Bertz CT molecular complexity index is 1580. The Hall–Kier alpha value is -3.72. The number of hydrazone groups is 1. The van der Waals surface area contributed by atoms with E-state index in [0.717, 1.165) is 37.7 Å². The summed E-state index contributed by atoms with van der Waals surface area (Å²) >= 11 is 11.0. The monoisotopic (exact) mass is 590 g/mol. The highest BCUT2D eigenvalue weighted by molar-refractivity contribution is 9.10. The first kappa shape index (κ1) is 25.0. The van der Waals surface area contributed by atoms with Gasteiger partial charge >= 0.3 is 0 Å². The minimum absolute atomic E-state index is 0.320. The van der Waals surface area contributed by atoms with Crippen LogP contribution in [0.1, 0.15) is 21.7 Å². The van der Waals surface area contributed by atoms with E-state index in [1.165, 1.54) is 17.6 Å². The molecule has 5 aromatic rings. The molecule has 5 rings (SSSR count). The Morgan fingerprint density at radius 1 is 1.05 bits per heavy atom. The Labute approximate surface area is 231 Å². The van der Waals surface area contributed by atoms with Crippen LogP contribution >= 0.6 is 38.9 Å². The third kappa shape index (κ3) is 6.17. The van der Waals surface area contributed by atoms with E-state index < -0.39 is 0 Å². The number of nitrogens with zero attached hydrogens (tertiary/aromatic N) is 2. The number of aromatic nitrogens is 1. The summed E-state index contributed by atoms with van der Waals surface area (Å²) in [7, 11) is 0. The van der Waals surface area contributed by atoms with Gasteiger partial charge in [0, 0.05) is 37.3 Å². The van der Waals surface area contributed by atoms with Crippen LogP contribution in [-0.2, 0) is 0 Å². The molecule has 0 radical (unpaired) electrons. The van der Waals surface area contributed by atoms with Gasteiger partial charge in [0.15, 0.2) is 5.13 Å². The summed E-state index contributed by atoms with van der Waals surface area (Å²) in [5.41, 5.74) is 7.76. The lowest BCUT2D eigenvalue weighted by atomic mass is 10.1. The molecule has 0 aliphatic heterocycles. The minimum atomic E-state index is -0.320. The van der Waals surface area contributed by atoms with Gasteiger partial charge < -0.3 is 9.73 Å². The second kappa shape index (κ2) is 11.1. The molecule has 2 N–H and O–H groups in total. The molecule has 0 unspecified atom stereocenters. The number of furan rings is 1. The molecule has 0 aliphatic rings. The van der Waals surface area contributed by atoms with E-state index >= 15 is 0 Å². The smallest absolute Gasteiger partial charge is 0.271 e. The summed E-state index contributed by atoms with van der Waals surface area (Å²) in [5, 5.41) is 10.7. The fraction of sp³-hybridized carbons (Fsp3) is 0.0357. The van der Waals surface area contributed by atoms with Gasteiger partial charge in [0.2, 0.25) is 0 Å². The van der Waals surface area contributed by atoms with Gasteiger partial charge in [0.1, 0.15) is 11.5 Å². The van der Waals surface area contributed by atoms with E-state index in [0.29, 0.717) is 22.1 Å². The molecule has 6 nitrogen and oxygen atoms in total. The number of hydrogen-bond donors (Lipinski definition) is 2. The molecular weight excluding hydrogens is 572 g/mol. The first-order valence-electron chi connectivity index (χ1n) is 11.2. The van der Waals surface area contributed by atoms with Crippen molar-refractivity contribution in [1.29, 1.82) is 0 Å². The van der Waals surface area contributed by atoms with Crippen molar-refractivity contribution in [1.82, 2.24) is 10.4 Å². The first-order valence-corrected chi connectivity index (χ1v) is 13.3. The molecule has 184 valence electrons. The zero-order chi connectivity index (χ0) is 25.8. The van der Waals surface area contributed by atoms with Crippen molar-refractivity contribution in [3.8, 4) is 22.6 Å². The van der Waals surface area contributed by atoms with Crippen LogP contribution in [0, 0.1) is 6.92 Å². The summed E-state index contributed by atoms with van der Waals surface area (Å²) in [4.78, 5) is 17.1. The van der Waals surface area contributed by atoms with E-state index in [9.17, 15) is 4.79 Å². The van der Waals surface area contributed by atoms with E-state index in [-0.39, 0.29) is 5.91 Å². The van der Waals surface area contributed by atoms with Crippen LogP contribution in [0.2, 0.25) is 5.02 Å². The van der Waals surface area contributed by atoms with Gasteiger partial charge in [-0.2, -0.15) is 5.10 Å². The zero-order valence-electron chi connectivity index (χ0n) is 19.5. The minimum Gasteiger partial charge on any atom is -0.455 e. The second-order valence-corrected chi connectivity index (χ2v) is 10.3. The van der Waals surface area contributed by atoms with E-state index in [1.54, 1.807) is 18.2 Å². The molecule has 0 atom stereocenters. The average Bonchev–Trinajstić information content (AvgIpc) is 3.55. The van der Waals surface area contributed by atoms with Crippen molar-refractivity contribution >= 4 is 61.8 Å². The molecular formula is C28H20BrClN4O2S. The molecule has 3 aromatic carbocycles. The fourth-order valence-corrected chi connectivity index (χ4v) is 5.07. The van der Waals surface area contributed by atoms with Gasteiger partial charge in [-0.15, -0.1) is 11.3 Å². The van der Waals surface area contributed by atoms with Gasteiger partial charge in [-0.25, -0.2) is 10.4 Å². The first-order chi connectivity index (χ1) is 17.9. The van der Waals surface area contributed by atoms with Crippen LogP contribution in [0.25, 0.3) is 22.6 Å². The van der Waals surface area contributed by atoms with Gasteiger partial charge in [-0.3, -0.25) is 4.79 Å². The highest BCUT2D eigenvalue weighted by atomic mass is 79.9. The lowest BCUT2D eigenvalue weighted by Gasteiger charge is -2.03. The lowest BCUT2D eigenvalue weighted by molar-refractivity contribution is 0.0955. The standard InChI is InChI=1S/C28H20BrClN4O2S/c1-17-2-12-23(24(29)14-17)26-13-11-22(36-26)15-31-34-27(35)19-5-3-18(4-6-19)25-16-37-28(33-25)32-21-9-7-20(30)8-10-21/h2-16H,1H3,(H,32,33)(H,34,35)/b31-15-. The van der Waals surface area contributed by atoms with Crippen LogP contribution in [0.4, 0.5) is 10.8 Å². The average molecular weight is 592 g/mol. The number of aryl methyl sites for hydroxylation is 1. The van der Waals surface area contributed by atoms with Crippen LogP contribution in [0.5, 0.6) is 0 Å². The summed E-state index contributed by atoms with van der Waals surface area (Å²) in [6, 6.07) is 24.4. The number of rotatable bonds is 7. The molecule has 37 heavy (non-hydrogen) atoms. The molecule has 0 spiro atoms. The summed E-state index contributed by atoms with van der Waals surface area (Å²) in [6.07, 6.45) is 1.47. The van der Waals surface area contributed by atoms with E-state index in [4.69, 9.17) is 16.0 Å². The predicted octanol–water partition coefficient (Wildman–Crippen LogP) is 8.30. The maximum absolute atomic E-state index is 12.5. The van der Waals surface area contributed by atoms with Gasteiger partial charge in [-0.05, 0) is 73.2 Å². The molecule has 0 aliphatic carbocycles. The number of carbonyl (C=O) groups is 1. The van der Waals surface area contributed by atoms with Crippen molar-refractivity contribution < 1.29 is 9.21 Å². The van der Waals surface area contributed by atoms with Crippen LogP contribution in [-0.4, -0.2) is 17.1 Å². The number of carbonyl (C=O) groups excluding carboxylic acids is 1. The molecule has 9 heteroatoms. The number of thiazole rings is 1. The normalized spacial score (nSPS) is 11.1. The lowest BCUT2D eigenvalue weighted by Crippen LogP contribution is -2.17.